The Labute approximate surface area is 113 Å². The Balaban J connectivity index is 2.43. The lowest BCUT2D eigenvalue weighted by atomic mass is 10.1. The van der Waals surface area contributed by atoms with E-state index in [-0.39, 0.29) is 5.78 Å². The Hall–Kier alpha value is -1.62. The lowest BCUT2D eigenvalue weighted by molar-refractivity contribution is -0.125. The molecule has 5 heteroatoms. The number of ketones is 1. The standard InChI is InChI=1S/C14H16O4S/c1-9-7-10(5-6-12(9)19(4,16)17)11-8-13(15)14(2,3)18-11/h5-8H,1-4H3. The smallest absolute Gasteiger partial charge is 0.202 e. The molecule has 0 atom stereocenters. The molecule has 102 valence electrons. The van der Waals surface area contributed by atoms with Gasteiger partial charge in [-0.1, -0.05) is 0 Å². The molecule has 0 amide bonds. The molecular weight excluding hydrogens is 264 g/mol. The van der Waals surface area contributed by atoms with Gasteiger partial charge in [-0.05, 0) is 44.5 Å². The zero-order valence-corrected chi connectivity index (χ0v) is 12.2. The maximum Gasteiger partial charge on any atom is 0.202 e. The highest BCUT2D eigenvalue weighted by Crippen LogP contribution is 2.32. The van der Waals surface area contributed by atoms with Crippen molar-refractivity contribution < 1.29 is 17.9 Å². The summed E-state index contributed by atoms with van der Waals surface area (Å²) in [5, 5.41) is 0. The van der Waals surface area contributed by atoms with Crippen molar-refractivity contribution in [2.24, 2.45) is 0 Å². The zero-order chi connectivity index (χ0) is 14.4. The second-order valence-electron chi connectivity index (χ2n) is 5.24. The second kappa shape index (κ2) is 4.20. The quantitative estimate of drug-likeness (QED) is 0.832. The summed E-state index contributed by atoms with van der Waals surface area (Å²) >= 11 is 0. The van der Waals surface area contributed by atoms with Crippen LogP contribution in [0.15, 0.2) is 29.2 Å². The molecule has 0 spiro atoms. The molecule has 0 aliphatic carbocycles. The van der Waals surface area contributed by atoms with E-state index in [1.807, 2.05) is 0 Å². The van der Waals surface area contributed by atoms with Crippen LogP contribution in [-0.2, 0) is 19.4 Å². The molecule has 2 rings (SSSR count). The molecule has 0 fully saturated rings. The minimum absolute atomic E-state index is 0.0904. The second-order valence-corrected chi connectivity index (χ2v) is 7.22. The van der Waals surface area contributed by atoms with Crippen LogP contribution < -0.4 is 0 Å². The van der Waals surface area contributed by atoms with Crippen molar-refractivity contribution in [2.45, 2.75) is 31.3 Å². The average molecular weight is 280 g/mol. The van der Waals surface area contributed by atoms with Crippen LogP contribution in [-0.4, -0.2) is 26.1 Å². The van der Waals surface area contributed by atoms with Crippen LogP contribution in [0, 0.1) is 6.92 Å². The van der Waals surface area contributed by atoms with Crippen molar-refractivity contribution in [3.63, 3.8) is 0 Å². The molecule has 0 N–H and O–H groups in total. The Bertz CT molecular complexity index is 681. The maximum atomic E-state index is 11.7. The van der Waals surface area contributed by atoms with E-state index in [0.29, 0.717) is 21.8 Å². The van der Waals surface area contributed by atoms with E-state index < -0.39 is 15.4 Å². The summed E-state index contributed by atoms with van der Waals surface area (Å²) in [5.74, 6) is 0.394. The first-order valence-electron chi connectivity index (χ1n) is 5.87. The highest BCUT2D eigenvalue weighted by atomic mass is 32.2. The van der Waals surface area contributed by atoms with Gasteiger partial charge in [0.05, 0.1) is 4.90 Å². The number of benzene rings is 1. The fourth-order valence-corrected chi connectivity index (χ4v) is 2.97. The highest BCUT2D eigenvalue weighted by Gasteiger charge is 2.35. The molecule has 0 unspecified atom stereocenters. The van der Waals surface area contributed by atoms with E-state index >= 15 is 0 Å². The molecule has 0 saturated heterocycles. The zero-order valence-electron chi connectivity index (χ0n) is 11.4. The summed E-state index contributed by atoms with van der Waals surface area (Å²) in [6.45, 7) is 5.13. The van der Waals surface area contributed by atoms with Crippen molar-refractivity contribution in [3.05, 3.63) is 35.4 Å². The van der Waals surface area contributed by atoms with Crippen molar-refractivity contribution in [3.8, 4) is 0 Å². The van der Waals surface area contributed by atoms with Crippen LogP contribution >= 0.6 is 0 Å². The molecule has 0 bridgehead atoms. The van der Waals surface area contributed by atoms with Crippen LogP contribution in [0.1, 0.15) is 25.0 Å². The maximum absolute atomic E-state index is 11.7. The summed E-state index contributed by atoms with van der Waals surface area (Å²) in [6, 6.07) is 4.92. The highest BCUT2D eigenvalue weighted by molar-refractivity contribution is 7.90. The van der Waals surface area contributed by atoms with Gasteiger partial charge in [0.1, 0.15) is 5.76 Å². The number of carbonyl (C=O) groups excluding carboxylic acids is 1. The molecule has 19 heavy (non-hydrogen) atoms. The Kier molecular flexibility index (Phi) is 3.05. The molecule has 0 radical (unpaired) electrons. The summed E-state index contributed by atoms with van der Waals surface area (Å²) < 4.78 is 28.7. The van der Waals surface area contributed by atoms with Crippen LogP contribution in [0.2, 0.25) is 0 Å². The van der Waals surface area contributed by atoms with Gasteiger partial charge in [0, 0.05) is 17.9 Å². The van der Waals surface area contributed by atoms with Crippen molar-refractivity contribution in [1.29, 1.82) is 0 Å². The normalized spacial score (nSPS) is 18.1. The molecule has 1 aromatic carbocycles. The first-order chi connectivity index (χ1) is 8.61. The van der Waals surface area contributed by atoms with Crippen LogP contribution in [0.25, 0.3) is 5.76 Å². The van der Waals surface area contributed by atoms with Crippen molar-refractivity contribution in [2.75, 3.05) is 6.26 Å². The van der Waals surface area contributed by atoms with E-state index in [9.17, 15) is 13.2 Å². The summed E-state index contributed by atoms with van der Waals surface area (Å²) in [5.41, 5.74) is 0.504. The first-order valence-corrected chi connectivity index (χ1v) is 7.76. The van der Waals surface area contributed by atoms with Gasteiger partial charge in [0.15, 0.2) is 15.4 Å². The minimum atomic E-state index is -3.23. The number of hydrogen-bond donors (Lipinski definition) is 0. The van der Waals surface area contributed by atoms with E-state index in [1.54, 1.807) is 39.0 Å². The van der Waals surface area contributed by atoms with Gasteiger partial charge in [-0.25, -0.2) is 8.42 Å². The van der Waals surface area contributed by atoms with Gasteiger partial charge in [-0.3, -0.25) is 4.79 Å². The molecule has 1 aromatic rings. The molecule has 4 nitrogen and oxygen atoms in total. The third kappa shape index (κ3) is 2.56. The fourth-order valence-electron chi connectivity index (χ4n) is 2.01. The van der Waals surface area contributed by atoms with Gasteiger partial charge in [-0.15, -0.1) is 0 Å². The van der Waals surface area contributed by atoms with Gasteiger partial charge in [0.25, 0.3) is 0 Å². The van der Waals surface area contributed by atoms with E-state index in [4.69, 9.17) is 4.74 Å². The fraction of sp³-hybridized carbons (Fsp3) is 0.357. The van der Waals surface area contributed by atoms with Crippen LogP contribution in [0.4, 0.5) is 0 Å². The Morgan fingerprint density at radius 3 is 2.26 bits per heavy atom. The van der Waals surface area contributed by atoms with Crippen LogP contribution in [0.3, 0.4) is 0 Å². The SMILES string of the molecule is Cc1cc(C2=CC(=O)C(C)(C)O2)ccc1S(C)(=O)=O. The van der Waals surface area contributed by atoms with E-state index in [2.05, 4.69) is 0 Å². The topological polar surface area (TPSA) is 60.4 Å². The van der Waals surface area contributed by atoms with E-state index in [0.717, 1.165) is 0 Å². The largest absolute Gasteiger partial charge is 0.479 e. The average Bonchev–Trinajstić information content (AvgIpc) is 2.51. The number of rotatable bonds is 2. The summed E-state index contributed by atoms with van der Waals surface area (Å²) in [7, 11) is -3.23. The Morgan fingerprint density at radius 2 is 1.84 bits per heavy atom. The lowest BCUT2D eigenvalue weighted by Gasteiger charge is -2.18. The van der Waals surface area contributed by atoms with Crippen molar-refractivity contribution in [1.82, 2.24) is 0 Å². The molecule has 0 aromatic heterocycles. The third-order valence-electron chi connectivity index (χ3n) is 3.08. The molecule has 0 saturated carbocycles. The number of ether oxygens (including phenoxy) is 1. The molecular formula is C14H16O4S. The van der Waals surface area contributed by atoms with Crippen molar-refractivity contribution >= 4 is 21.4 Å². The number of carbonyl (C=O) groups is 1. The van der Waals surface area contributed by atoms with Gasteiger partial charge < -0.3 is 4.74 Å². The first kappa shape index (κ1) is 13.8. The third-order valence-corrected chi connectivity index (χ3v) is 4.34. The molecule has 1 heterocycles. The summed E-state index contributed by atoms with van der Waals surface area (Å²) in [4.78, 5) is 12.0. The monoisotopic (exact) mass is 280 g/mol. The number of sulfone groups is 1. The number of aryl methyl sites for hydroxylation is 1. The minimum Gasteiger partial charge on any atom is -0.479 e. The lowest BCUT2D eigenvalue weighted by Crippen LogP contribution is -2.27. The summed E-state index contributed by atoms with van der Waals surface area (Å²) in [6.07, 6.45) is 2.63. The predicted molar refractivity (Wildman–Crippen MR) is 72.4 cm³/mol. The predicted octanol–water partition coefficient (Wildman–Crippen LogP) is 2.12. The molecule has 1 aliphatic heterocycles. The van der Waals surface area contributed by atoms with Crippen LogP contribution in [0.5, 0.6) is 0 Å². The van der Waals surface area contributed by atoms with Gasteiger partial charge >= 0.3 is 0 Å². The van der Waals surface area contributed by atoms with Gasteiger partial charge in [-0.2, -0.15) is 0 Å². The van der Waals surface area contributed by atoms with Gasteiger partial charge in [0.2, 0.25) is 5.78 Å². The Morgan fingerprint density at radius 1 is 1.21 bits per heavy atom. The van der Waals surface area contributed by atoms with E-state index in [1.165, 1.54) is 12.3 Å². The number of hydrogen-bond acceptors (Lipinski definition) is 4. The molecule has 1 aliphatic rings.